The van der Waals surface area contributed by atoms with Crippen LogP contribution in [0.5, 0.6) is 0 Å². The van der Waals surface area contributed by atoms with Crippen LogP contribution < -0.4 is 5.32 Å². The molecule has 8 heteroatoms. The Morgan fingerprint density at radius 1 is 1.33 bits per heavy atom. The van der Waals surface area contributed by atoms with Crippen molar-refractivity contribution in [3.8, 4) is 0 Å². The van der Waals surface area contributed by atoms with E-state index in [1.165, 1.54) is 16.4 Å². The molecule has 2 heterocycles. The van der Waals surface area contributed by atoms with E-state index in [0.717, 1.165) is 17.4 Å². The molecule has 1 unspecified atom stereocenters. The second kappa shape index (κ2) is 6.08. The smallest absolute Gasteiger partial charge is 0.360 e. The summed E-state index contributed by atoms with van der Waals surface area (Å²) in [5.74, 6) is 1.02. The number of hydrogen-bond acceptors (Lipinski definition) is 5. The van der Waals surface area contributed by atoms with Crippen molar-refractivity contribution in [2.24, 2.45) is 5.92 Å². The zero-order valence-electron chi connectivity index (χ0n) is 12.5. The minimum Gasteiger partial charge on any atom is -0.360 e. The van der Waals surface area contributed by atoms with Crippen LogP contribution in [-0.2, 0) is 5.41 Å². The van der Waals surface area contributed by atoms with Gasteiger partial charge in [-0.25, -0.2) is 4.98 Å². The highest BCUT2D eigenvalue weighted by Gasteiger charge is 2.34. The Hall–Kier alpha value is -0.890. The monoisotopic (exact) mass is 322 g/mol. The summed E-state index contributed by atoms with van der Waals surface area (Å²) in [6.45, 7) is 6.97. The van der Waals surface area contributed by atoms with E-state index in [0.29, 0.717) is 19.6 Å². The maximum atomic E-state index is 12.3. The molecule has 0 bridgehead atoms. The lowest BCUT2D eigenvalue weighted by Crippen LogP contribution is -2.33. The molecule has 1 fully saturated rings. The average molecular weight is 322 g/mol. The number of likely N-dealkylation sites (tertiary alicyclic amines) is 1. The highest BCUT2D eigenvalue weighted by molar-refractivity contribution is 7.09. The zero-order chi connectivity index (χ0) is 15.7. The van der Waals surface area contributed by atoms with E-state index in [4.69, 9.17) is 0 Å². The van der Waals surface area contributed by atoms with Crippen LogP contribution in [0.1, 0.15) is 33.0 Å². The number of rotatable bonds is 4. The molecule has 0 aromatic carbocycles. The fraction of sp³-hybridized carbons (Fsp3) is 0.846. The number of anilines is 1. The normalized spacial score (nSPS) is 21.0. The summed E-state index contributed by atoms with van der Waals surface area (Å²) in [6, 6.07) is 0. The minimum atomic E-state index is -4.11. The second-order valence-electron chi connectivity index (χ2n) is 6.56. The molecule has 0 spiro atoms. The van der Waals surface area contributed by atoms with Crippen molar-refractivity contribution in [1.82, 2.24) is 14.3 Å². The number of aromatic nitrogens is 2. The summed E-state index contributed by atoms with van der Waals surface area (Å²) in [5, 5.41) is 3.94. The van der Waals surface area contributed by atoms with Gasteiger partial charge in [-0.2, -0.15) is 17.5 Å². The van der Waals surface area contributed by atoms with Gasteiger partial charge in [-0.3, -0.25) is 4.90 Å². The van der Waals surface area contributed by atoms with Crippen molar-refractivity contribution in [2.75, 3.05) is 31.5 Å². The lowest BCUT2D eigenvalue weighted by atomic mass is 9.96. The summed E-state index contributed by atoms with van der Waals surface area (Å²) in [6.07, 6.45) is -3.32. The zero-order valence-corrected chi connectivity index (χ0v) is 13.3. The van der Waals surface area contributed by atoms with Crippen LogP contribution in [0.25, 0.3) is 0 Å². The van der Waals surface area contributed by atoms with Crippen LogP contribution in [0, 0.1) is 5.92 Å². The molecule has 0 saturated carbocycles. The quantitative estimate of drug-likeness (QED) is 0.925. The Bertz CT molecular complexity index is 467. The molecule has 1 N–H and O–H groups in total. The predicted octanol–water partition coefficient (Wildman–Crippen LogP) is 3.13. The summed E-state index contributed by atoms with van der Waals surface area (Å²) in [7, 11) is 0. The standard InChI is InChI=1S/C13H21F3N4S/c1-12(2,3)10-18-11(21-19-10)17-6-9-4-5-20(7-9)8-13(14,15)16/h9H,4-8H2,1-3H3,(H,17,18,19). The number of alkyl halides is 3. The summed E-state index contributed by atoms with van der Waals surface area (Å²) >= 11 is 1.30. The molecule has 4 nitrogen and oxygen atoms in total. The van der Waals surface area contributed by atoms with Crippen molar-refractivity contribution in [1.29, 1.82) is 0 Å². The van der Waals surface area contributed by atoms with E-state index in [9.17, 15) is 13.2 Å². The van der Waals surface area contributed by atoms with Gasteiger partial charge in [0.2, 0.25) is 5.13 Å². The van der Waals surface area contributed by atoms with Gasteiger partial charge < -0.3 is 5.32 Å². The van der Waals surface area contributed by atoms with Gasteiger partial charge in [0.25, 0.3) is 0 Å². The third kappa shape index (κ3) is 5.10. The molecule has 0 aliphatic carbocycles. The Balaban J connectivity index is 1.78. The highest BCUT2D eigenvalue weighted by atomic mass is 32.1. The van der Waals surface area contributed by atoms with Gasteiger partial charge in [0.1, 0.15) is 5.82 Å². The maximum Gasteiger partial charge on any atom is 0.401 e. The minimum absolute atomic E-state index is 0.0900. The molecule has 1 aromatic rings. The number of nitrogens with one attached hydrogen (secondary N) is 1. The Morgan fingerprint density at radius 3 is 2.62 bits per heavy atom. The molecular formula is C13H21F3N4S. The van der Waals surface area contributed by atoms with E-state index >= 15 is 0 Å². The van der Waals surface area contributed by atoms with Gasteiger partial charge in [0.15, 0.2) is 0 Å². The number of hydrogen-bond donors (Lipinski definition) is 1. The van der Waals surface area contributed by atoms with Crippen molar-refractivity contribution < 1.29 is 13.2 Å². The van der Waals surface area contributed by atoms with Crippen LogP contribution >= 0.6 is 11.5 Å². The molecule has 1 aliphatic heterocycles. The van der Waals surface area contributed by atoms with Gasteiger partial charge in [-0.05, 0) is 18.9 Å². The van der Waals surface area contributed by atoms with E-state index in [1.54, 1.807) is 0 Å². The lowest BCUT2D eigenvalue weighted by Gasteiger charge is -2.17. The van der Waals surface area contributed by atoms with Crippen molar-refractivity contribution in [3.05, 3.63) is 5.82 Å². The molecule has 0 radical (unpaired) electrons. The summed E-state index contributed by atoms with van der Waals surface area (Å²) < 4.78 is 41.3. The fourth-order valence-corrected chi connectivity index (χ4v) is 3.07. The van der Waals surface area contributed by atoms with Gasteiger partial charge >= 0.3 is 6.18 Å². The molecule has 21 heavy (non-hydrogen) atoms. The fourth-order valence-electron chi connectivity index (χ4n) is 2.31. The van der Waals surface area contributed by atoms with Crippen LogP contribution in [0.2, 0.25) is 0 Å². The third-order valence-electron chi connectivity index (χ3n) is 3.41. The van der Waals surface area contributed by atoms with Crippen LogP contribution in [0.4, 0.5) is 18.3 Å². The first kappa shape index (κ1) is 16.5. The molecule has 120 valence electrons. The molecular weight excluding hydrogens is 301 g/mol. The molecule has 1 saturated heterocycles. The second-order valence-corrected chi connectivity index (χ2v) is 7.31. The van der Waals surface area contributed by atoms with Crippen molar-refractivity contribution in [3.63, 3.8) is 0 Å². The van der Waals surface area contributed by atoms with Gasteiger partial charge in [0, 0.05) is 30.0 Å². The van der Waals surface area contributed by atoms with Crippen LogP contribution in [-0.4, -0.2) is 46.6 Å². The molecule has 1 aromatic heterocycles. The van der Waals surface area contributed by atoms with Gasteiger partial charge in [0.05, 0.1) is 6.54 Å². The van der Waals surface area contributed by atoms with E-state index < -0.39 is 12.7 Å². The summed E-state index contributed by atoms with van der Waals surface area (Å²) in [5.41, 5.74) is -0.0900. The largest absolute Gasteiger partial charge is 0.401 e. The van der Waals surface area contributed by atoms with E-state index in [-0.39, 0.29) is 11.3 Å². The number of halogens is 3. The summed E-state index contributed by atoms with van der Waals surface area (Å²) in [4.78, 5) is 5.89. The van der Waals surface area contributed by atoms with Crippen molar-refractivity contribution in [2.45, 2.75) is 38.8 Å². The molecule has 0 amide bonds. The Morgan fingerprint density at radius 2 is 2.05 bits per heavy atom. The molecule has 2 rings (SSSR count). The number of nitrogens with zero attached hydrogens (tertiary/aromatic N) is 3. The van der Waals surface area contributed by atoms with Gasteiger partial charge in [-0.15, -0.1) is 0 Å². The Kier molecular flexibility index (Phi) is 4.77. The highest BCUT2D eigenvalue weighted by Crippen LogP contribution is 2.25. The van der Waals surface area contributed by atoms with Crippen LogP contribution in [0.15, 0.2) is 0 Å². The predicted molar refractivity (Wildman–Crippen MR) is 77.7 cm³/mol. The Labute approximate surface area is 126 Å². The first-order chi connectivity index (χ1) is 9.63. The van der Waals surface area contributed by atoms with Gasteiger partial charge in [-0.1, -0.05) is 20.8 Å². The van der Waals surface area contributed by atoms with Crippen molar-refractivity contribution >= 4 is 16.7 Å². The molecule has 1 atom stereocenters. The van der Waals surface area contributed by atoms with Crippen LogP contribution in [0.3, 0.4) is 0 Å². The van der Waals surface area contributed by atoms with E-state index in [1.807, 2.05) is 20.8 Å². The third-order valence-corrected chi connectivity index (χ3v) is 4.08. The first-order valence-electron chi connectivity index (χ1n) is 7.01. The molecule has 1 aliphatic rings. The maximum absolute atomic E-state index is 12.3. The van der Waals surface area contributed by atoms with E-state index in [2.05, 4.69) is 14.7 Å². The first-order valence-corrected chi connectivity index (χ1v) is 7.78. The SMILES string of the molecule is CC(C)(C)c1nsc(NCC2CCN(CC(F)(F)F)C2)n1. The lowest BCUT2D eigenvalue weighted by molar-refractivity contribution is -0.143. The topological polar surface area (TPSA) is 41.1 Å². The average Bonchev–Trinajstić information content (AvgIpc) is 2.91.